The molecule has 2 atom stereocenters. The summed E-state index contributed by atoms with van der Waals surface area (Å²) in [6, 6.07) is 1.37. The Morgan fingerprint density at radius 2 is 2.06 bits per heavy atom. The van der Waals surface area contributed by atoms with Crippen LogP contribution in [0.5, 0.6) is 0 Å². The van der Waals surface area contributed by atoms with Gasteiger partial charge in [0.1, 0.15) is 0 Å². The summed E-state index contributed by atoms with van der Waals surface area (Å²) in [4.78, 5) is 2.75. The van der Waals surface area contributed by atoms with Crippen LogP contribution in [0.1, 0.15) is 59.8 Å². The summed E-state index contributed by atoms with van der Waals surface area (Å²) in [7, 11) is 0. The van der Waals surface area contributed by atoms with Crippen molar-refractivity contribution >= 4 is 0 Å². The van der Waals surface area contributed by atoms with E-state index in [1.165, 1.54) is 51.7 Å². The average Bonchev–Trinajstić information content (AvgIpc) is 2.34. The van der Waals surface area contributed by atoms with E-state index in [9.17, 15) is 0 Å². The third-order valence-corrected chi connectivity index (χ3v) is 4.03. The molecule has 1 rings (SSSR count). The lowest BCUT2D eigenvalue weighted by Gasteiger charge is -2.38. The van der Waals surface area contributed by atoms with E-state index in [4.69, 9.17) is 0 Å². The van der Waals surface area contributed by atoms with Gasteiger partial charge in [-0.2, -0.15) is 0 Å². The standard InChI is InChI=1S/C15H32N2/c1-5-8-15(11-16-13(3)4)17-10-7-9-14(6-2)12-17/h13-16H,5-12H2,1-4H3. The van der Waals surface area contributed by atoms with Crippen molar-refractivity contribution < 1.29 is 0 Å². The highest BCUT2D eigenvalue weighted by Gasteiger charge is 2.24. The number of likely N-dealkylation sites (tertiary alicyclic amines) is 1. The maximum atomic E-state index is 3.62. The van der Waals surface area contributed by atoms with Gasteiger partial charge in [0.25, 0.3) is 0 Å². The van der Waals surface area contributed by atoms with Crippen LogP contribution in [0, 0.1) is 5.92 Å². The molecule has 0 aromatic heterocycles. The minimum atomic E-state index is 0.612. The number of piperidine rings is 1. The topological polar surface area (TPSA) is 15.3 Å². The van der Waals surface area contributed by atoms with Crippen LogP contribution in [-0.4, -0.2) is 36.6 Å². The van der Waals surface area contributed by atoms with Gasteiger partial charge in [-0.3, -0.25) is 4.90 Å². The second-order valence-corrected chi connectivity index (χ2v) is 5.92. The van der Waals surface area contributed by atoms with E-state index in [-0.39, 0.29) is 0 Å². The molecule has 0 saturated carbocycles. The molecule has 1 saturated heterocycles. The fourth-order valence-corrected chi connectivity index (χ4v) is 2.88. The summed E-state index contributed by atoms with van der Waals surface area (Å²) in [5, 5.41) is 3.62. The summed E-state index contributed by atoms with van der Waals surface area (Å²) in [6.07, 6.45) is 6.85. The fraction of sp³-hybridized carbons (Fsp3) is 1.00. The first kappa shape index (κ1) is 15.0. The Labute approximate surface area is 108 Å². The third kappa shape index (κ3) is 5.39. The molecule has 1 aliphatic heterocycles. The first-order valence-corrected chi connectivity index (χ1v) is 7.64. The van der Waals surface area contributed by atoms with E-state index in [1.807, 2.05) is 0 Å². The maximum Gasteiger partial charge on any atom is 0.0220 e. The van der Waals surface area contributed by atoms with Gasteiger partial charge in [-0.25, -0.2) is 0 Å². The fourth-order valence-electron chi connectivity index (χ4n) is 2.88. The molecule has 1 fully saturated rings. The van der Waals surface area contributed by atoms with E-state index in [2.05, 4.69) is 37.9 Å². The first-order chi connectivity index (χ1) is 8.17. The van der Waals surface area contributed by atoms with Crippen molar-refractivity contribution in [2.45, 2.75) is 71.9 Å². The van der Waals surface area contributed by atoms with Gasteiger partial charge in [-0.1, -0.05) is 40.5 Å². The summed E-state index contributed by atoms with van der Waals surface area (Å²) in [5.41, 5.74) is 0. The molecule has 1 N–H and O–H groups in total. The summed E-state index contributed by atoms with van der Waals surface area (Å²) < 4.78 is 0. The summed E-state index contributed by atoms with van der Waals surface area (Å²) in [5.74, 6) is 0.946. The third-order valence-electron chi connectivity index (χ3n) is 4.03. The van der Waals surface area contributed by atoms with Crippen molar-refractivity contribution in [3.05, 3.63) is 0 Å². The molecule has 17 heavy (non-hydrogen) atoms. The van der Waals surface area contributed by atoms with Gasteiger partial charge in [0.2, 0.25) is 0 Å². The molecule has 1 aliphatic rings. The second kappa shape index (κ2) is 8.10. The number of hydrogen-bond acceptors (Lipinski definition) is 2. The Balaban J connectivity index is 2.44. The lowest BCUT2D eigenvalue weighted by Crippen LogP contribution is -2.48. The minimum Gasteiger partial charge on any atom is -0.313 e. The highest BCUT2D eigenvalue weighted by Crippen LogP contribution is 2.22. The highest BCUT2D eigenvalue weighted by molar-refractivity contribution is 4.80. The predicted molar refractivity (Wildman–Crippen MR) is 76.4 cm³/mol. The predicted octanol–water partition coefficient (Wildman–Crippen LogP) is 3.28. The molecule has 0 amide bonds. The molecule has 0 aliphatic carbocycles. The Morgan fingerprint density at radius 3 is 2.65 bits per heavy atom. The highest BCUT2D eigenvalue weighted by atomic mass is 15.2. The van der Waals surface area contributed by atoms with Crippen molar-refractivity contribution in [1.29, 1.82) is 0 Å². The summed E-state index contributed by atoms with van der Waals surface area (Å²) in [6.45, 7) is 13.0. The van der Waals surface area contributed by atoms with Gasteiger partial charge in [-0.15, -0.1) is 0 Å². The molecule has 0 bridgehead atoms. The molecule has 2 unspecified atom stereocenters. The molecule has 2 heteroatoms. The van der Waals surface area contributed by atoms with Gasteiger partial charge in [0.05, 0.1) is 0 Å². The van der Waals surface area contributed by atoms with Crippen molar-refractivity contribution in [1.82, 2.24) is 10.2 Å². The van der Waals surface area contributed by atoms with Crippen molar-refractivity contribution in [3.8, 4) is 0 Å². The van der Waals surface area contributed by atoms with Crippen LogP contribution in [0.2, 0.25) is 0 Å². The Hall–Kier alpha value is -0.0800. The second-order valence-electron chi connectivity index (χ2n) is 5.92. The normalized spacial score (nSPS) is 24.2. The molecule has 1 heterocycles. The molecule has 2 nitrogen and oxygen atoms in total. The van der Waals surface area contributed by atoms with E-state index in [0.717, 1.165) is 12.0 Å². The van der Waals surface area contributed by atoms with Crippen molar-refractivity contribution in [3.63, 3.8) is 0 Å². The zero-order chi connectivity index (χ0) is 12.7. The number of rotatable bonds is 7. The van der Waals surface area contributed by atoms with Crippen LogP contribution in [0.4, 0.5) is 0 Å². The molecule has 0 aromatic rings. The van der Waals surface area contributed by atoms with Crippen LogP contribution in [0.3, 0.4) is 0 Å². The number of hydrogen-bond donors (Lipinski definition) is 1. The molecule has 0 radical (unpaired) electrons. The maximum absolute atomic E-state index is 3.62. The molecule has 0 spiro atoms. The monoisotopic (exact) mass is 240 g/mol. The van der Waals surface area contributed by atoms with Crippen LogP contribution in [-0.2, 0) is 0 Å². The Kier molecular flexibility index (Phi) is 7.14. The summed E-state index contributed by atoms with van der Waals surface area (Å²) >= 11 is 0. The average molecular weight is 240 g/mol. The van der Waals surface area contributed by atoms with E-state index in [1.54, 1.807) is 0 Å². The molecule has 102 valence electrons. The number of nitrogens with one attached hydrogen (secondary N) is 1. The Morgan fingerprint density at radius 1 is 1.29 bits per heavy atom. The largest absolute Gasteiger partial charge is 0.313 e. The van der Waals surface area contributed by atoms with Gasteiger partial charge < -0.3 is 5.32 Å². The van der Waals surface area contributed by atoms with Gasteiger partial charge in [0.15, 0.2) is 0 Å². The van der Waals surface area contributed by atoms with Crippen molar-refractivity contribution in [2.75, 3.05) is 19.6 Å². The Bertz CT molecular complexity index is 191. The van der Waals surface area contributed by atoms with Crippen LogP contribution < -0.4 is 5.32 Å². The van der Waals surface area contributed by atoms with E-state index < -0.39 is 0 Å². The lowest BCUT2D eigenvalue weighted by atomic mass is 9.93. The van der Waals surface area contributed by atoms with Crippen LogP contribution >= 0.6 is 0 Å². The van der Waals surface area contributed by atoms with Gasteiger partial charge in [0, 0.05) is 25.2 Å². The van der Waals surface area contributed by atoms with Crippen molar-refractivity contribution in [2.24, 2.45) is 5.92 Å². The SMILES string of the molecule is CCCC(CNC(C)C)N1CCCC(CC)C1. The van der Waals surface area contributed by atoms with E-state index >= 15 is 0 Å². The quantitative estimate of drug-likeness (QED) is 0.735. The molecule has 0 aromatic carbocycles. The molecular formula is C15H32N2. The smallest absolute Gasteiger partial charge is 0.0220 e. The van der Waals surface area contributed by atoms with Gasteiger partial charge in [-0.05, 0) is 31.7 Å². The van der Waals surface area contributed by atoms with Crippen LogP contribution in [0.25, 0.3) is 0 Å². The van der Waals surface area contributed by atoms with Gasteiger partial charge >= 0.3 is 0 Å². The number of nitrogens with zero attached hydrogens (tertiary/aromatic N) is 1. The zero-order valence-electron chi connectivity index (χ0n) is 12.3. The molecular weight excluding hydrogens is 208 g/mol. The first-order valence-electron chi connectivity index (χ1n) is 7.64. The minimum absolute atomic E-state index is 0.612. The van der Waals surface area contributed by atoms with E-state index in [0.29, 0.717) is 6.04 Å². The lowest BCUT2D eigenvalue weighted by molar-refractivity contribution is 0.112. The zero-order valence-corrected chi connectivity index (χ0v) is 12.3. The van der Waals surface area contributed by atoms with Crippen LogP contribution in [0.15, 0.2) is 0 Å².